The molecule has 1 aromatic heterocycles. The third kappa shape index (κ3) is 4.89. The molecule has 0 saturated carbocycles. The summed E-state index contributed by atoms with van der Waals surface area (Å²) in [4.78, 5) is 32.2. The van der Waals surface area contributed by atoms with Crippen molar-refractivity contribution in [3.63, 3.8) is 0 Å². The van der Waals surface area contributed by atoms with Crippen molar-refractivity contribution in [2.45, 2.75) is 6.92 Å². The molecule has 0 bridgehead atoms. The van der Waals surface area contributed by atoms with E-state index in [4.69, 9.17) is 16.3 Å². The van der Waals surface area contributed by atoms with E-state index in [0.29, 0.717) is 49.1 Å². The maximum absolute atomic E-state index is 12.2. The molecule has 1 N–H and O–H groups in total. The molecule has 1 fully saturated rings. The largest absolute Gasteiger partial charge is 0.450 e. The quantitative estimate of drug-likeness (QED) is 0.870. The van der Waals surface area contributed by atoms with Crippen molar-refractivity contribution in [3.05, 3.63) is 53.2 Å². The molecule has 0 unspecified atom stereocenters. The number of nitrogens with one attached hydrogen (secondary N) is 1. The van der Waals surface area contributed by atoms with E-state index in [1.54, 1.807) is 42.3 Å². The summed E-state index contributed by atoms with van der Waals surface area (Å²) >= 11 is 5.83. The van der Waals surface area contributed by atoms with Crippen LogP contribution >= 0.6 is 11.6 Å². The summed E-state index contributed by atoms with van der Waals surface area (Å²) in [6.07, 6.45) is 1.35. The normalized spacial score (nSPS) is 14.0. The molecule has 0 atom stereocenters. The van der Waals surface area contributed by atoms with Gasteiger partial charge < -0.3 is 19.9 Å². The average Bonchev–Trinajstić information content (AvgIpc) is 2.69. The molecule has 142 valence electrons. The van der Waals surface area contributed by atoms with Gasteiger partial charge in [-0.3, -0.25) is 4.79 Å². The molecule has 7 nitrogen and oxygen atoms in total. The summed E-state index contributed by atoms with van der Waals surface area (Å²) in [6.45, 7) is 4.73. The first-order valence-corrected chi connectivity index (χ1v) is 9.14. The number of ether oxygens (including phenoxy) is 1. The van der Waals surface area contributed by atoms with Crippen molar-refractivity contribution < 1.29 is 14.3 Å². The number of hydrogen-bond acceptors (Lipinski definition) is 5. The predicted molar refractivity (Wildman–Crippen MR) is 104 cm³/mol. The van der Waals surface area contributed by atoms with Crippen molar-refractivity contribution in [2.24, 2.45) is 0 Å². The summed E-state index contributed by atoms with van der Waals surface area (Å²) in [5.41, 5.74) is 1.14. The summed E-state index contributed by atoms with van der Waals surface area (Å²) in [6, 6.07) is 10.4. The number of hydrogen-bond donors (Lipinski definition) is 1. The topological polar surface area (TPSA) is 74.8 Å². The van der Waals surface area contributed by atoms with Gasteiger partial charge in [-0.15, -0.1) is 0 Å². The monoisotopic (exact) mass is 388 g/mol. The fourth-order valence-corrected chi connectivity index (χ4v) is 2.91. The SMILES string of the molecule is CCOC(=O)N1CCN(c2ccc(NC(=O)c3ccc(Cl)cc3)cn2)CC1. The van der Waals surface area contributed by atoms with E-state index in [-0.39, 0.29) is 12.0 Å². The van der Waals surface area contributed by atoms with E-state index in [1.807, 2.05) is 12.1 Å². The van der Waals surface area contributed by atoms with E-state index >= 15 is 0 Å². The zero-order valence-electron chi connectivity index (χ0n) is 15.0. The van der Waals surface area contributed by atoms with Gasteiger partial charge >= 0.3 is 6.09 Å². The van der Waals surface area contributed by atoms with Gasteiger partial charge in [0.05, 0.1) is 18.5 Å². The highest BCUT2D eigenvalue weighted by molar-refractivity contribution is 6.30. The van der Waals surface area contributed by atoms with Crippen molar-refractivity contribution in [1.82, 2.24) is 9.88 Å². The van der Waals surface area contributed by atoms with Gasteiger partial charge in [-0.2, -0.15) is 0 Å². The maximum Gasteiger partial charge on any atom is 0.409 e. The Labute approximate surface area is 162 Å². The van der Waals surface area contributed by atoms with Gasteiger partial charge in [0.1, 0.15) is 5.82 Å². The van der Waals surface area contributed by atoms with Gasteiger partial charge in [0, 0.05) is 36.8 Å². The number of pyridine rings is 1. The lowest BCUT2D eigenvalue weighted by Crippen LogP contribution is -2.49. The minimum absolute atomic E-state index is 0.218. The van der Waals surface area contributed by atoms with Crippen LogP contribution in [0.1, 0.15) is 17.3 Å². The molecule has 1 aliphatic rings. The Morgan fingerprint density at radius 2 is 1.81 bits per heavy atom. The minimum atomic E-state index is -0.273. The molecule has 3 rings (SSSR count). The second-order valence-electron chi connectivity index (χ2n) is 6.04. The summed E-state index contributed by atoms with van der Waals surface area (Å²) in [5, 5.41) is 3.40. The number of amides is 2. The van der Waals surface area contributed by atoms with E-state index in [9.17, 15) is 9.59 Å². The van der Waals surface area contributed by atoms with Crippen LogP contribution in [0.25, 0.3) is 0 Å². The Morgan fingerprint density at radius 1 is 1.11 bits per heavy atom. The molecule has 2 heterocycles. The highest BCUT2D eigenvalue weighted by Crippen LogP contribution is 2.17. The van der Waals surface area contributed by atoms with E-state index in [2.05, 4.69) is 15.2 Å². The van der Waals surface area contributed by atoms with Crippen LogP contribution in [0, 0.1) is 0 Å². The summed E-state index contributed by atoms with van der Waals surface area (Å²) < 4.78 is 5.02. The molecule has 0 aliphatic carbocycles. The number of halogens is 1. The summed E-state index contributed by atoms with van der Waals surface area (Å²) in [5.74, 6) is 0.590. The molecule has 2 amide bonds. The van der Waals surface area contributed by atoms with Crippen molar-refractivity contribution in [2.75, 3.05) is 43.0 Å². The maximum atomic E-state index is 12.2. The van der Waals surface area contributed by atoms with Crippen LogP contribution in [0.5, 0.6) is 0 Å². The van der Waals surface area contributed by atoms with Gasteiger partial charge in [-0.1, -0.05) is 11.6 Å². The second kappa shape index (κ2) is 8.73. The predicted octanol–water partition coefficient (Wildman–Crippen LogP) is 3.27. The van der Waals surface area contributed by atoms with Gasteiger partial charge in [0.25, 0.3) is 5.91 Å². The number of nitrogens with zero attached hydrogens (tertiary/aromatic N) is 3. The number of carbonyl (C=O) groups excluding carboxylic acids is 2. The molecule has 1 saturated heterocycles. The Balaban J connectivity index is 1.55. The fourth-order valence-electron chi connectivity index (χ4n) is 2.78. The molecular weight excluding hydrogens is 368 g/mol. The number of benzene rings is 1. The van der Waals surface area contributed by atoms with Crippen LogP contribution in [-0.4, -0.2) is 54.7 Å². The first-order chi connectivity index (χ1) is 13.1. The molecule has 1 aromatic carbocycles. The van der Waals surface area contributed by atoms with Crippen LogP contribution in [0.2, 0.25) is 5.02 Å². The first kappa shape index (κ1) is 19.0. The van der Waals surface area contributed by atoms with Gasteiger partial charge in [0.2, 0.25) is 0 Å². The molecule has 27 heavy (non-hydrogen) atoms. The lowest BCUT2D eigenvalue weighted by molar-refractivity contribution is 0.102. The van der Waals surface area contributed by atoms with Crippen LogP contribution in [0.15, 0.2) is 42.6 Å². The number of carbonyl (C=O) groups is 2. The van der Waals surface area contributed by atoms with Crippen LogP contribution in [-0.2, 0) is 4.74 Å². The third-order valence-corrected chi connectivity index (χ3v) is 4.49. The smallest absolute Gasteiger partial charge is 0.409 e. The van der Waals surface area contributed by atoms with Crippen LogP contribution in [0.3, 0.4) is 0 Å². The molecular formula is C19H21ClN4O3. The average molecular weight is 389 g/mol. The zero-order chi connectivity index (χ0) is 19.2. The molecule has 0 radical (unpaired) electrons. The summed E-state index contributed by atoms with van der Waals surface area (Å²) in [7, 11) is 0. The molecule has 2 aromatic rings. The Hall–Kier alpha value is -2.80. The number of rotatable bonds is 4. The molecule has 0 spiro atoms. The standard InChI is InChI=1S/C19H21ClN4O3/c1-2-27-19(26)24-11-9-23(10-12-24)17-8-7-16(13-21-17)22-18(25)14-3-5-15(20)6-4-14/h3-8,13H,2,9-12H2,1H3,(H,22,25). The van der Waals surface area contributed by atoms with Crippen LogP contribution < -0.4 is 10.2 Å². The Kier molecular flexibility index (Phi) is 6.13. The number of aromatic nitrogens is 1. The molecule has 1 aliphatic heterocycles. The highest BCUT2D eigenvalue weighted by Gasteiger charge is 2.22. The number of piperazine rings is 1. The third-order valence-electron chi connectivity index (χ3n) is 4.24. The Bertz CT molecular complexity index is 788. The van der Waals surface area contributed by atoms with Gasteiger partial charge in [-0.25, -0.2) is 9.78 Å². The van der Waals surface area contributed by atoms with Crippen LogP contribution in [0.4, 0.5) is 16.3 Å². The van der Waals surface area contributed by atoms with Gasteiger partial charge in [0.15, 0.2) is 0 Å². The second-order valence-corrected chi connectivity index (χ2v) is 6.48. The van der Waals surface area contributed by atoms with E-state index in [1.165, 1.54) is 0 Å². The van der Waals surface area contributed by atoms with Crippen molar-refractivity contribution in [3.8, 4) is 0 Å². The van der Waals surface area contributed by atoms with Crippen molar-refractivity contribution in [1.29, 1.82) is 0 Å². The van der Waals surface area contributed by atoms with Crippen molar-refractivity contribution >= 4 is 35.1 Å². The highest BCUT2D eigenvalue weighted by atomic mass is 35.5. The molecule has 8 heteroatoms. The zero-order valence-corrected chi connectivity index (χ0v) is 15.8. The van der Waals surface area contributed by atoms with Gasteiger partial charge in [-0.05, 0) is 43.3 Å². The lowest BCUT2D eigenvalue weighted by atomic mass is 10.2. The van der Waals surface area contributed by atoms with E-state index in [0.717, 1.165) is 5.82 Å². The first-order valence-electron chi connectivity index (χ1n) is 8.76. The fraction of sp³-hybridized carbons (Fsp3) is 0.316. The Morgan fingerprint density at radius 3 is 2.41 bits per heavy atom. The minimum Gasteiger partial charge on any atom is -0.450 e. The number of anilines is 2. The lowest BCUT2D eigenvalue weighted by Gasteiger charge is -2.34. The van der Waals surface area contributed by atoms with E-state index < -0.39 is 0 Å².